The van der Waals surface area contributed by atoms with Crippen LogP contribution in [0.3, 0.4) is 0 Å². The van der Waals surface area contributed by atoms with E-state index < -0.39 is 0 Å². The van der Waals surface area contributed by atoms with Gasteiger partial charge < -0.3 is 10.2 Å². The van der Waals surface area contributed by atoms with E-state index >= 15 is 0 Å². The van der Waals surface area contributed by atoms with Crippen LogP contribution in [0.15, 0.2) is 48.5 Å². The number of nitrogens with zero attached hydrogens (tertiary/aromatic N) is 1. The van der Waals surface area contributed by atoms with Crippen molar-refractivity contribution < 1.29 is 14.0 Å². The number of nitrogens with one attached hydrogen (secondary N) is 1. The van der Waals surface area contributed by atoms with Gasteiger partial charge in [-0.3, -0.25) is 9.59 Å². The van der Waals surface area contributed by atoms with Crippen LogP contribution >= 0.6 is 11.6 Å². The molecule has 2 aromatic rings. The first kappa shape index (κ1) is 19.9. The Morgan fingerprint density at radius 3 is 2.42 bits per heavy atom. The number of carbonyl (C=O) groups excluding carboxylic acids is 2. The third-order valence-electron chi connectivity index (χ3n) is 4.07. The molecule has 0 bridgehead atoms. The van der Waals surface area contributed by atoms with Gasteiger partial charge in [-0.15, -0.1) is 0 Å². The Balaban J connectivity index is 1.78. The molecule has 0 atom stereocenters. The molecule has 26 heavy (non-hydrogen) atoms. The van der Waals surface area contributed by atoms with Gasteiger partial charge in [-0.05, 0) is 35.7 Å². The lowest BCUT2D eigenvalue weighted by atomic mass is 10.1. The standard InChI is InChI=1S/C20H22ClFN2O2/c1-15(25)24(12-10-16-6-8-18(22)9-7-16)13-11-20(26)23-14-17-4-2-3-5-19(17)21/h2-9H,10-14H2,1H3,(H,23,26). The average molecular weight is 377 g/mol. The van der Waals surface area contributed by atoms with Gasteiger partial charge in [0.25, 0.3) is 0 Å². The summed E-state index contributed by atoms with van der Waals surface area (Å²) in [7, 11) is 0. The molecular weight excluding hydrogens is 355 g/mol. The van der Waals surface area contributed by atoms with E-state index in [9.17, 15) is 14.0 Å². The van der Waals surface area contributed by atoms with Crippen molar-refractivity contribution >= 4 is 23.4 Å². The van der Waals surface area contributed by atoms with Crippen molar-refractivity contribution in [2.75, 3.05) is 13.1 Å². The fourth-order valence-corrected chi connectivity index (χ4v) is 2.70. The summed E-state index contributed by atoms with van der Waals surface area (Å²) in [6.45, 7) is 2.66. The molecule has 0 heterocycles. The van der Waals surface area contributed by atoms with Crippen LogP contribution in [0.25, 0.3) is 0 Å². The third kappa shape index (κ3) is 6.48. The number of carbonyl (C=O) groups is 2. The SMILES string of the molecule is CC(=O)N(CCC(=O)NCc1ccccc1Cl)CCc1ccc(F)cc1. The summed E-state index contributed by atoms with van der Waals surface area (Å²) in [6.07, 6.45) is 0.828. The van der Waals surface area contributed by atoms with Crippen molar-refractivity contribution in [3.63, 3.8) is 0 Å². The predicted molar refractivity (Wildman–Crippen MR) is 100 cm³/mol. The van der Waals surface area contributed by atoms with Gasteiger partial charge in [0.1, 0.15) is 5.82 Å². The van der Waals surface area contributed by atoms with E-state index in [4.69, 9.17) is 11.6 Å². The highest BCUT2D eigenvalue weighted by molar-refractivity contribution is 6.31. The lowest BCUT2D eigenvalue weighted by molar-refractivity contribution is -0.129. The Morgan fingerprint density at radius 1 is 1.08 bits per heavy atom. The van der Waals surface area contributed by atoms with Gasteiger partial charge in [0.05, 0.1) is 0 Å². The Morgan fingerprint density at radius 2 is 1.77 bits per heavy atom. The second-order valence-electron chi connectivity index (χ2n) is 6.00. The Labute approximate surface area is 158 Å². The molecule has 0 radical (unpaired) electrons. The molecule has 0 spiro atoms. The van der Waals surface area contributed by atoms with Gasteiger partial charge in [0.15, 0.2) is 0 Å². The molecule has 0 aliphatic heterocycles. The topological polar surface area (TPSA) is 49.4 Å². The van der Waals surface area contributed by atoms with E-state index in [-0.39, 0.29) is 24.1 Å². The van der Waals surface area contributed by atoms with Crippen molar-refractivity contribution in [3.05, 3.63) is 70.5 Å². The molecule has 4 nitrogen and oxygen atoms in total. The lowest BCUT2D eigenvalue weighted by Gasteiger charge is -2.21. The molecule has 2 amide bonds. The summed E-state index contributed by atoms with van der Waals surface area (Å²) in [4.78, 5) is 25.4. The van der Waals surface area contributed by atoms with Crippen LogP contribution in [-0.2, 0) is 22.6 Å². The summed E-state index contributed by atoms with van der Waals surface area (Å²) in [6, 6.07) is 13.5. The van der Waals surface area contributed by atoms with Crippen molar-refractivity contribution in [3.8, 4) is 0 Å². The Kier molecular flexibility index (Phi) is 7.60. The summed E-state index contributed by atoms with van der Waals surface area (Å²) in [5.41, 5.74) is 1.79. The zero-order valence-electron chi connectivity index (χ0n) is 14.7. The smallest absolute Gasteiger partial charge is 0.222 e. The molecule has 2 rings (SSSR count). The summed E-state index contributed by atoms with van der Waals surface area (Å²) in [5, 5.41) is 3.42. The van der Waals surface area contributed by atoms with Gasteiger partial charge in [0, 0.05) is 38.0 Å². The van der Waals surface area contributed by atoms with E-state index in [1.165, 1.54) is 19.1 Å². The average Bonchev–Trinajstić information content (AvgIpc) is 2.62. The maximum Gasteiger partial charge on any atom is 0.222 e. The summed E-state index contributed by atoms with van der Waals surface area (Å²) < 4.78 is 12.9. The maximum absolute atomic E-state index is 12.9. The van der Waals surface area contributed by atoms with E-state index in [0.29, 0.717) is 31.1 Å². The molecule has 0 unspecified atom stereocenters. The molecule has 6 heteroatoms. The number of rotatable bonds is 8. The molecule has 138 valence electrons. The van der Waals surface area contributed by atoms with Crippen LogP contribution in [0.5, 0.6) is 0 Å². The Bertz CT molecular complexity index is 750. The zero-order valence-corrected chi connectivity index (χ0v) is 15.4. The van der Waals surface area contributed by atoms with E-state index in [1.807, 2.05) is 18.2 Å². The van der Waals surface area contributed by atoms with Crippen molar-refractivity contribution in [2.45, 2.75) is 26.3 Å². The normalized spacial score (nSPS) is 10.4. The van der Waals surface area contributed by atoms with E-state index in [0.717, 1.165) is 11.1 Å². The van der Waals surface area contributed by atoms with Gasteiger partial charge >= 0.3 is 0 Å². The van der Waals surface area contributed by atoms with Gasteiger partial charge in [-0.25, -0.2) is 4.39 Å². The molecule has 0 aliphatic rings. The molecular formula is C20H22ClFN2O2. The van der Waals surface area contributed by atoms with Crippen LogP contribution < -0.4 is 5.32 Å². The minimum absolute atomic E-state index is 0.0917. The van der Waals surface area contributed by atoms with Crippen molar-refractivity contribution in [1.82, 2.24) is 10.2 Å². The Hall–Kier alpha value is -2.40. The highest BCUT2D eigenvalue weighted by atomic mass is 35.5. The quantitative estimate of drug-likeness (QED) is 0.765. The zero-order chi connectivity index (χ0) is 18.9. The first-order valence-electron chi connectivity index (χ1n) is 8.46. The van der Waals surface area contributed by atoms with Gasteiger partial charge in [-0.1, -0.05) is 41.9 Å². The van der Waals surface area contributed by atoms with Crippen LogP contribution in [0.4, 0.5) is 4.39 Å². The molecule has 0 aromatic heterocycles. The minimum atomic E-state index is -0.285. The highest BCUT2D eigenvalue weighted by Gasteiger charge is 2.11. The van der Waals surface area contributed by atoms with E-state index in [1.54, 1.807) is 23.1 Å². The second-order valence-corrected chi connectivity index (χ2v) is 6.41. The maximum atomic E-state index is 12.9. The van der Waals surface area contributed by atoms with Crippen LogP contribution in [0.2, 0.25) is 5.02 Å². The second kappa shape index (κ2) is 9.92. The van der Waals surface area contributed by atoms with Gasteiger partial charge in [0.2, 0.25) is 11.8 Å². The first-order chi connectivity index (χ1) is 12.5. The fraction of sp³-hybridized carbons (Fsp3) is 0.300. The summed E-state index contributed by atoms with van der Waals surface area (Å²) >= 11 is 6.06. The molecule has 0 fully saturated rings. The summed E-state index contributed by atoms with van der Waals surface area (Å²) in [5.74, 6) is -0.517. The minimum Gasteiger partial charge on any atom is -0.352 e. The monoisotopic (exact) mass is 376 g/mol. The molecule has 2 aromatic carbocycles. The first-order valence-corrected chi connectivity index (χ1v) is 8.83. The van der Waals surface area contributed by atoms with Crippen molar-refractivity contribution in [2.24, 2.45) is 0 Å². The van der Waals surface area contributed by atoms with Crippen LogP contribution in [0.1, 0.15) is 24.5 Å². The van der Waals surface area contributed by atoms with Crippen LogP contribution in [0, 0.1) is 5.82 Å². The third-order valence-corrected chi connectivity index (χ3v) is 4.44. The fourth-order valence-electron chi connectivity index (χ4n) is 2.50. The molecule has 0 saturated heterocycles. The van der Waals surface area contributed by atoms with E-state index in [2.05, 4.69) is 5.32 Å². The highest BCUT2D eigenvalue weighted by Crippen LogP contribution is 2.14. The van der Waals surface area contributed by atoms with Crippen LogP contribution in [-0.4, -0.2) is 29.8 Å². The number of halogens is 2. The number of hydrogen-bond acceptors (Lipinski definition) is 2. The molecule has 0 saturated carbocycles. The van der Waals surface area contributed by atoms with Gasteiger partial charge in [-0.2, -0.15) is 0 Å². The number of amides is 2. The number of hydrogen-bond donors (Lipinski definition) is 1. The molecule has 1 N–H and O–H groups in total. The lowest BCUT2D eigenvalue weighted by Crippen LogP contribution is -2.35. The predicted octanol–water partition coefficient (Wildman–Crippen LogP) is 3.58. The number of benzene rings is 2. The molecule has 0 aliphatic carbocycles. The van der Waals surface area contributed by atoms with Crippen molar-refractivity contribution in [1.29, 1.82) is 0 Å². The largest absolute Gasteiger partial charge is 0.352 e.